The molecule has 2 N–H and O–H groups in total. The van der Waals surface area contributed by atoms with Gasteiger partial charge in [0.25, 0.3) is 0 Å². The molecule has 0 radical (unpaired) electrons. The van der Waals surface area contributed by atoms with Gasteiger partial charge in [0.15, 0.2) is 0 Å². The van der Waals surface area contributed by atoms with E-state index in [4.69, 9.17) is 7.15 Å². The summed E-state index contributed by atoms with van der Waals surface area (Å²) in [6.45, 7) is 0. The van der Waals surface area contributed by atoms with Crippen LogP contribution >= 0.6 is 0 Å². The topological polar surface area (TPSA) is 65.6 Å². The van der Waals surface area contributed by atoms with E-state index in [1.807, 2.05) is 0 Å². The molecule has 0 unspecified atom stereocenters. The summed E-state index contributed by atoms with van der Waals surface area (Å²) in [5.41, 5.74) is 0. The van der Waals surface area contributed by atoms with Crippen molar-refractivity contribution in [2.75, 3.05) is 0 Å². The second kappa shape index (κ2) is 10.8. The van der Waals surface area contributed by atoms with Crippen LogP contribution in [0.2, 0.25) is 0 Å². The predicted octanol–water partition coefficient (Wildman–Crippen LogP) is -1.06. The third-order valence-corrected chi connectivity index (χ3v) is 0. The summed E-state index contributed by atoms with van der Waals surface area (Å²) < 4.78 is 16.9. The molecule has 0 aromatic carbocycles. The summed E-state index contributed by atoms with van der Waals surface area (Å²) in [4.78, 5) is 0. The maximum atomic E-state index is 8.46. The molecular weight excluding hydrogens is 149 g/mol. The predicted molar refractivity (Wildman–Crippen MR) is 4.99 cm³/mol. The van der Waals surface area contributed by atoms with Crippen LogP contribution in [0.4, 0.5) is 0 Å². The van der Waals surface area contributed by atoms with Crippen molar-refractivity contribution in [3.8, 4) is 0 Å². The third kappa shape index (κ3) is 90.9. The second-order valence-corrected chi connectivity index (χ2v) is 0.349. The third-order valence-electron chi connectivity index (χ3n) is 0. The fourth-order valence-corrected chi connectivity index (χ4v) is 0. The Kier molecular flexibility index (Phi) is 24.1. The van der Waals surface area contributed by atoms with Crippen LogP contribution < -0.4 is 0 Å². The van der Waals surface area contributed by atoms with E-state index in [-0.39, 0.29) is 5.48 Å². The van der Waals surface area contributed by atoms with Crippen molar-refractivity contribution in [3.05, 3.63) is 0 Å². The Bertz CT molecular complexity index is 24.3. The molecule has 0 amide bonds. The van der Waals surface area contributed by atoms with Crippen LogP contribution in [-0.2, 0) is 24.2 Å². The van der Waals surface area contributed by atoms with Gasteiger partial charge in [-0.1, -0.05) is 0 Å². The molecule has 4 heteroatoms. The molecule has 0 heterocycles. The zero-order valence-electron chi connectivity index (χ0n) is 1.67. The SMILES string of the molecule is O.[O]=[Ru]=[O]. The summed E-state index contributed by atoms with van der Waals surface area (Å²) in [5, 5.41) is 0. The van der Waals surface area contributed by atoms with Crippen molar-refractivity contribution >= 4 is 0 Å². The molecule has 4 heavy (non-hydrogen) atoms. The Morgan fingerprint density at radius 1 is 1.25 bits per heavy atom. The van der Waals surface area contributed by atoms with Crippen LogP contribution in [-0.4, -0.2) is 5.48 Å². The van der Waals surface area contributed by atoms with E-state index in [2.05, 4.69) is 0 Å². The molecule has 3 nitrogen and oxygen atoms in total. The molecule has 0 atom stereocenters. The molecule has 0 aliphatic carbocycles. The maximum absolute atomic E-state index is 8.46. The first-order chi connectivity index (χ1) is 1.41. The van der Waals surface area contributed by atoms with E-state index in [0.29, 0.717) is 0 Å². The molecule has 0 saturated heterocycles. The van der Waals surface area contributed by atoms with Gasteiger partial charge in [0.2, 0.25) is 0 Å². The van der Waals surface area contributed by atoms with Gasteiger partial charge in [-0.2, -0.15) is 0 Å². The van der Waals surface area contributed by atoms with E-state index in [1.54, 1.807) is 0 Å². The molecule has 0 aliphatic rings. The van der Waals surface area contributed by atoms with Crippen LogP contribution in [0.3, 0.4) is 0 Å². The number of hydrogen-bond donors (Lipinski definition) is 0. The monoisotopic (exact) mass is 152 g/mol. The van der Waals surface area contributed by atoms with Gasteiger partial charge in [-0.25, -0.2) is 0 Å². The van der Waals surface area contributed by atoms with Crippen molar-refractivity contribution in [2.45, 2.75) is 0 Å². The Hall–Kier alpha value is 0.183. The van der Waals surface area contributed by atoms with Crippen molar-refractivity contribution in [1.29, 1.82) is 0 Å². The van der Waals surface area contributed by atoms with Crippen LogP contribution in [0.1, 0.15) is 0 Å². The quantitative estimate of drug-likeness (QED) is 0.414. The Morgan fingerprint density at radius 2 is 1.25 bits per heavy atom. The fourth-order valence-electron chi connectivity index (χ4n) is 0. The van der Waals surface area contributed by atoms with Gasteiger partial charge in [-0.15, -0.1) is 0 Å². The van der Waals surface area contributed by atoms with Crippen LogP contribution in [0.5, 0.6) is 0 Å². The molecule has 0 aliphatic heterocycles. The summed E-state index contributed by atoms with van der Waals surface area (Å²) in [6, 6.07) is 0. The van der Waals surface area contributed by atoms with Crippen molar-refractivity contribution in [3.63, 3.8) is 0 Å². The van der Waals surface area contributed by atoms with Gasteiger partial charge >= 0.3 is 24.2 Å². The van der Waals surface area contributed by atoms with E-state index in [9.17, 15) is 0 Å². The van der Waals surface area contributed by atoms with Crippen LogP contribution in [0.15, 0.2) is 0 Å². The number of rotatable bonds is 0. The van der Waals surface area contributed by atoms with Gasteiger partial charge in [0, 0.05) is 0 Å². The molecule has 0 rings (SSSR count). The average Bonchev–Trinajstić information content (AvgIpc) is 0.918. The molecule has 0 aromatic heterocycles. The van der Waals surface area contributed by atoms with E-state index in [0.717, 1.165) is 0 Å². The first-order valence-electron chi connectivity index (χ1n) is 0.289. The zero-order valence-corrected chi connectivity index (χ0v) is 3.41. The standard InChI is InChI=1S/H2O.2O.Ru/h1H2;;;. The van der Waals surface area contributed by atoms with Gasteiger partial charge < -0.3 is 5.48 Å². The van der Waals surface area contributed by atoms with Crippen LogP contribution in [0.25, 0.3) is 0 Å². The van der Waals surface area contributed by atoms with Crippen molar-refractivity contribution in [2.24, 2.45) is 0 Å². The second-order valence-electron chi connectivity index (χ2n) is 0.0589. The normalized spacial score (nSPS) is 4.00. The molecule has 0 saturated carbocycles. The Balaban J connectivity index is 0. The van der Waals surface area contributed by atoms with Gasteiger partial charge in [0.05, 0.1) is 0 Å². The molecule has 0 aromatic rings. The molecular formula is H2O3Ru. The van der Waals surface area contributed by atoms with Crippen LogP contribution in [0, 0.1) is 0 Å². The minimum absolute atomic E-state index is 0. The Labute approximate surface area is 30.4 Å². The van der Waals surface area contributed by atoms with Gasteiger partial charge in [0.1, 0.15) is 0 Å². The van der Waals surface area contributed by atoms with E-state index in [1.165, 1.54) is 0 Å². The van der Waals surface area contributed by atoms with Crippen molar-refractivity contribution < 1.29 is 29.7 Å². The summed E-state index contributed by atoms with van der Waals surface area (Å²) in [6.07, 6.45) is 0. The van der Waals surface area contributed by atoms with E-state index < -0.39 is 17.0 Å². The fraction of sp³-hybridized carbons (Fsp3) is 0. The zero-order chi connectivity index (χ0) is 2.71. The van der Waals surface area contributed by atoms with E-state index >= 15 is 0 Å². The van der Waals surface area contributed by atoms with Gasteiger partial charge in [-0.3, -0.25) is 0 Å². The first-order valence-corrected chi connectivity index (χ1v) is 1.71. The molecule has 0 spiro atoms. The minimum atomic E-state index is -1.79. The summed E-state index contributed by atoms with van der Waals surface area (Å²) in [7, 11) is 0. The van der Waals surface area contributed by atoms with Crippen molar-refractivity contribution in [1.82, 2.24) is 0 Å². The average molecular weight is 151 g/mol. The number of hydrogen-bond acceptors (Lipinski definition) is 2. The Morgan fingerprint density at radius 3 is 1.25 bits per heavy atom. The van der Waals surface area contributed by atoms with Gasteiger partial charge in [-0.05, 0) is 0 Å². The molecule has 28 valence electrons. The summed E-state index contributed by atoms with van der Waals surface area (Å²) >= 11 is -1.79. The first kappa shape index (κ1) is 8.89. The molecule has 0 bridgehead atoms. The molecule has 0 fully saturated rings. The summed E-state index contributed by atoms with van der Waals surface area (Å²) in [5.74, 6) is 0.